The highest BCUT2D eigenvalue weighted by Gasteiger charge is 2.21. The molecule has 1 saturated heterocycles. The lowest BCUT2D eigenvalue weighted by atomic mass is 10.0. The fraction of sp³-hybridized carbons (Fsp3) is 0.600. The van der Waals surface area contributed by atoms with E-state index in [0.29, 0.717) is 12.1 Å². The van der Waals surface area contributed by atoms with Crippen LogP contribution in [-0.4, -0.2) is 49.6 Å². The van der Waals surface area contributed by atoms with Crippen molar-refractivity contribution in [2.45, 2.75) is 19.4 Å². The smallest absolute Gasteiger partial charge is 0.126 e. The van der Waals surface area contributed by atoms with Crippen LogP contribution in [0.15, 0.2) is 18.2 Å². The third-order valence-electron chi connectivity index (χ3n) is 3.98. The van der Waals surface area contributed by atoms with E-state index in [-0.39, 0.29) is 11.9 Å². The first-order valence-electron chi connectivity index (χ1n) is 7.00. The van der Waals surface area contributed by atoms with Crippen molar-refractivity contribution >= 4 is 0 Å². The minimum atomic E-state index is -0.143. The predicted molar refractivity (Wildman–Crippen MR) is 76.6 cm³/mol. The molecule has 1 fully saturated rings. The quantitative estimate of drug-likeness (QED) is 0.904. The first kappa shape index (κ1) is 14.4. The standard InChI is InChI=1S/C15H24FN3/c1-12-10-13(4-5-14(12)16)15(11-17)19-7-3-6-18(2)8-9-19/h4-5,10,15H,3,6-9,11,17H2,1-2H3. The minimum Gasteiger partial charge on any atom is -0.329 e. The molecule has 0 amide bonds. The molecule has 0 spiro atoms. The van der Waals surface area contributed by atoms with Crippen molar-refractivity contribution in [3.63, 3.8) is 0 Å². The van der Waals surface area contributed by atoms with Crippen LogP contribution in [0.1, 0.15) is 23.6 Å². The highest BCUT2D eigenvalue weighted by molar-refractivity contribution is 5.27. The number of benzene rings is 1. The molecule has 0 bridgehead atoms. The Morgan fingerprint density at radius 2 is 2.05 bits per heavy atom. The number of aryl methyl sites for hydroxylation is 1. The Labute approximate surface area is 115 Å². The second-order valence-corrected chi connectivity index (χ2v) is 5.45. The Kier molecular flexibility index (Phi) is 4.91. The summed E-state index contributed by atoms with van der Waals surface area (Å²) in [7, 11) is 2.16. The van der Waals surface area contributed by atoms with Gasteiger partial charge in [-0.15, -0.1) is 0 Å². The average molecular weight is 265 g/mol. The van der Waals surface area contributed by atoms with Crippen molar-refractivity contribution in [1.29, 1.82) is 0 Å². The zero-order valence-corrected chi connectivity index (χ0v) is 11.9. The molecule has 1 aromatic carbocycles. The van der Waals surface area contributed by atoms with Crippen molar-refractivity contribution in [3.8, 4) is 0 Å². The highest BCUT2D eigenvalue weighted by Crippen LogP contribution is 2.23. The molecular weight excluding hydrogens is 241 g/mol. The van der Waals surface area contributed by atoms with Gasteiger partial charge in [-0.05, 0) is 44.1 Å². The third-order valence-corrected chi connectivity index (χ3v) is 3.98. The predicted octanol–water partition coefficient (Wildman–Crippen LogP) is 1.77. The number of nitrogens with two attached hydrogens (primary N) is 1. The van der Waals surface area contributed by atoms with Gasteiger partial charge in [-0.3, -0.25) is 4.90 Å². The molecule has 1 atom stereocenters. The molecule has 1 unspecified atom stereocenters. The lowest BCUT2D eigenvalue weighted by Crippen LogP contribution is -2.36. The van der Waals surface area contributed by atoms with Crippen LogP contribution in [0.5, 0.6) is 0 Å². The molecule has 0 aromatic heterocycles. The SMILES string of the molecule is Cc1cc(C(CN)N2CCCN(C)CC2)ccc1F. The number of halogens is 1. The van der Waals surface area contributed by atoms with Crippen molar-refractivity contribution in [2.24, 2.45) is 5.73 Å². The van der Waals surface area contributed by atoms with Crippen LogP contribution in [0.2, 0.25) is 0 Å². The van der Waals surface area contributed by atoms with Crippen LogP contribution in [0.3, 0.4) is 0 Å². The highest BCUT2D eigenvalue weighted by atomic mass is 19.1. The van der Waals surface area contributed by atoms with Crippen molar-refractivity contribution in [1.82, 2.24) is 9.80 Å². The fourth-order valence-corrected chi connectivity index (χ4v) is 2.75. The summed E-state index contributed by atoms with van der Waals surface area (Å²) in [6.45, 7) is 6.67. The summed E-state index contributed by atoms with van der Waals surface area (Å²) in [5.41, 5.74) is 7.79. The number of nitrogens with zero attached hydrogens (tertiary/aromatic N) is 2. The van der Waals surface area contributed by atoms with E-state index in [4.69, 9.17) is 5.73 Å². The maximum Gasteiger partial charge on any atom is 0.126 e. The van der Waals surface area contributed by atoms with Gasteiger partial charge < -0.3 is 10.6 Å². The first-order valence-corrected chi connectivity index (χ1v) is 7.00. The normalized spacial score (nSPS) is 20.2. The van der Waals surface area contributed by atoms with Gasteiger partial charge in [0.2, 0.25) is 0 Å². The van der Waals surface area contributed by atoms with E-state index in [2.05, 4.69) is 16.8 Å². The third kappa shape index (κ3) is 3.53. The van der Waals surface area contributed by atoms with E-state index in [1.54, 1.807) is 6.07 Å². The Morgan fingerprint density at radius 1 is 1.26 bits per heavy atom. The van der Waals surface area contributed by atoms with Gasteiger partial charge in [0, 0.05) is 32.2 Å². The second kappa shape index (κ2) is 6.46. The Balaban J connectivity index is 2.16. The number of hydrogen-bond acceptors (Lipinski definition) is 3. The van der Waals surface area contributed by atoms with Gasteiger partial charge in [0.15, 0.2) is 0 Å². The van der Waals surface area contributed by atoms with Crippen LogP contribution >= 0.6 is 0 Å². The van der Waals surface area contributed by atoms with E-state index >= 15 is 0 Å². The van der Waals surface area contributed by atoms with Crippen LogP contribution in [0.25, 0.3) is 0 Å². The molecule has 0 radical (unpaired) electrons. The molecule has 3 nitrogen and oxygen atoms in total. The molecule has 1 heterocycles. The molecule has 1 aromatic rings. The summed E-state index contributed by atoms with van der Waals surface area (Å²) in [5.74, 6) is -0.143. The van der Waals surface area contributed by atoms with Crippen molar-refractivity contribution < 1.29 is 4.39 Å². The van der Waals surface area contributed by atoms with E-state index in [1.807, 2.05) is 19.1 Å². The molecule has 0 aliphatic carbocycles. The lowest BCUT2D eigenvalue weighted by Gasteiger charge is -2.30. The average Bonchev–Trinajstić information content (AvgIpc) is 2.60. The molecule has 2 N–H and O–H groups in total. The van der Waals surface area contributed by atoms with Gasteiger partial charge in [-0.1, -0.05) is 12.1 Å². The van der Waals surface area contributed by atoms with Crippen LogP contribution < -0.4 is 5.73 Å². The fourth-order valence-electron chi connectivity index (χ4n) is 2.75. The first-order chi connectivity index (χ1) is 9.11. The van der Waals surface area contributed by atoms with E-state index in [1.165, 1.54) is 0 Å². The Bertz CT molecular complexity index is 422. The molecule has 1 aliphatic rings. The van der Waals surface area contributed by atoms with Crippen LogP contribution in [-0.2, 0) is 0 Å². The molecule has 1 aliphatic heterocycles. The summed E-state index contributed by atoms with van der Waals surface area (Å²) in [4.78, 5) is 4.78. The second-order valence-electron chi connectivity index (χ2n) is 5.45. The van der Waals surface area contributed by atoms with Crippen LogP contribution in [0.4, 0.5) is 4.39 Å². The molecule has 106 valence electrons. The molecule has 4 heteroatoms. The monoisotopic (exact) mass is 265 g/mol. The summed E-state index contributed by atoms with van der Waals surface area (Å²) in [6, 6.07) is 5.55. The summed E-state index contributed by atoms with van der Waals surface area (Å²) >= 11 is 0. The number of likely N-dealkylation sites (N-methyl/N-ethyl adjacent to an activating group) is 1. The van der Waals surface area contributed by atoms with Gasteiger partial charge >= 0.3 is 0 Å². The van der Waals surface area contributed by atoms with Crippen molar-refractivity contribution in [3.05, 3.63) is 35.1 Å². The number of rotatable bonds is 3. The summed E-state index contributed by atoms with van der Waals surface area (Å²) < 4.78 is 13.4. The molecular formula is C15H24FN3. The zero-order chi connectivity index (χ0) is 13.8. The Hall–Kier alpha value is -0.970. The summed E-state index contributed by atoms with van der Waals surface area (Å²) in [5, 5.41) is 0. The van der Waals surface area contributed by atoms with Gasteiger partial charge in [-0.2, -0.15) is 0 Å². The van der Waals surface area contributed by atoms with Gasteiger partial charge in [0.1, 0.15) is 5.82 Å². The van der Waals surface area contributed by atoms with Gasteiger partial charge in [-0.25, -0.2) is 4.39 Å². The number of hydrogen-bond donors (Lipinski definition) is 1. The topological polar surface area (TPSA) is 32.5 Å². The maximum atomic E-state index is 13.4. The molecule has 2 rings (SSSR count). The Morgan fingerprint density at radius 3 is 2.74 bits per heavy atom. The minimum absolute atomic E-state index is 0.143. The summed E-state index contributed by atoms with van der Waals surface area (Å²) in [6.07, 6.45) is 1.16. The van der Waals surface area contributed by atoms with Crippen molar-refractivity contribution in [2.75, 3.05) is 39.8 Å². The van der Waals surface area contributed by atoms with Gasteiger partial charge in [0.05, 0.1) is 0 Å². The lowest BCUT2D eigenvalue weighted by molar-refractivity contribution is 0.208. The molecule has 19 heavy (non-hydrogen) atoms. The van der Waals surface area contributed by atoms with Gasteiger partial charge in [0.25, 0.3) is 0 Å². The van der Waals surface area contributed by atoms with E-state index < -0.39 is 0 Å². The maximum absolute atomic E-state index is 13.4. The molecule has 0 saturated carbocycles. The largest absolute Gasteiger partial charge is 0.329 e. The van der Waals surface area contributed by atoms with Crippen LogP contribution in [0, 0.1) is 12.7 Å². The van der Waals surface area contributed by atoms with E-state index in [9.17, 15) is 4.39 Å². The van der Waals surface area contributed by atoms with E-state index in [0.717, 1.165) is 38.2 Å². The zero-order valence-electron chi connectivity index (χ0n) is 11.9.